The molecule has 0 spiro atoms. The zero-order chi connectivity index (χ0) is 17.1. The van der Waals surface area contributed by atoms with Crippen LogP contribution < -0.4 is 5.32 Å². The second-order valence-electron chi connectivity index (χ2n) is 7.72. The number of aliphatic imine (C=N–C) groups is 1. The molecule has 3 unspecified atom stereocenters. The van der Waals surface area contributed by atoms with Crippen LogP contribution in [0.5, 0.6) is 0 Å². The van der Waals surface area contributed by atoms with Crippen molar-refractivity contribution in [1.82, 2.24) is 10.2 Å². The number of hydrogen-bond acceptors (Lipinski definition) is 3. The molecule has 7 heteroatoms. The average Bonchev–Trinajstić information content (AvgIpc) is 3.06. The third-order valence-electron chi connectivity index (χ3n) is 5.52. The molecule has 0 aliphatic carbocycles. The number of nitrogens with one attached hydrogen (secondary N) is 1. The lowest BCUT2D eigenvalue weighted by atomic mass is 9.87. The zero-order valence-electron chi connectivity index (χ0n) is 15.5. The quantitative estimate of drug-likeness (QED) is 0.381. The summed E-state index contributed by atoms with van der Waals surface area (Å²) < 4.78 is 23.2. The van der Waals surface area contributed by atoms with Gasteiger partial charge in [-0.15, -0.1) is 24.0 Å². The molecule has 0 amide bonds. The van der Waals surface area contributed by atoms with Gasteiger partial charge in [-0.3, -0.25) is 4.99 Å². The van der Waals surface area contributed by atoms with E-state index in [-0.39, 0.29) is 29.9 Å². The molecule has 2 fully saturated rings. The summed E-state index contributed by atoms with van der Waals surface area (Å²) in [5.41, 5.74) is 0.370. The normalized spacial score (nSPS) is 30.9. The molecule has 2 rings (SSSR count). The van der Waals surface area contributed by atoms with Gasteiger partial charge in [-0.1, -0.05) is 20.8 Å². The van der Waals surface area contributed by atoms with Crippen molar-refractivity contribution in [1.29, 1.82) is 0 Å². The number of likely N-dealkylation sites (tertiary alicyclic amines) is 1. The molecular formula is C17H34IN3O2S. The first-order valence-electron chi connectivity index (χ1n) is 9.03. The highest BCUT2D eigenvalue weighted by atomic mass is 127. The Morgan fingerprint density at radius 2 is 2.12 bits per heavy atom. The average molecular weight is 471 g/mol. The van der Waals surface area contributed by atoms with Gasteiger partial charge in [0.15, 0.2) is 15.8 Å². The third-order valence-corrected chi connectivity index (χ3v) is 7.36. The minimum Gasteiger partial charge on any atom is -0.354 e. The van der Waals surface area contributed by atoms with Gasteiger partial charge in [-0.05, 0) is 43.9 Å². The minimum atomic E-state index is -2.82. The Morgan fingerprint density at radius 1 is 1.42 bits per heavy atom. The number of halogens is 1. The molecule has 0 saturated carbocycles. The molecule has 24 heavy (non-hydrogen) atoms. The van der Waals surface area contributed by atoms with Crippen LogP contribution in [0.25, 0.3) is 0 Å². The van der Waals surface area contributed by atoms with Crippen LogP contribution in [0.3, 0.4) is 0 Å². The lowest BCUT2D eigenvalue weighted by Crippen LogP contribution is -2.45. The van der Waals surface area contributed by atoms with Crippen LogP contribution in [-0.4, -0.2) is 56.5 Å². The van der Waals surface area contributed by atoms with Gasteiger partial charge in [0, 0.05) is 25.7 Å². The number of rotatable bonds is 5. The van der Waals surface area contributed by atoms with E-state index in [9.17, 15) is 8.42 Å². The topological polar surface area (TPSA) is 61.8 Å². The van der Waals surface area contributed by atoms with Gasteiger partial charge >= 0.3 is 0 Å². The van der Waals surface area contributed by atoms with E-state index in [2.05, 4.69) is 37.9 Å². The van der Waals surface area contributed by atoms with Gasteiger partial charge in [0.1, 0.15) is 0 Å². The fraction of sp³-hybridized carbons (Fsp3) is 0.941. The van der Waals surface area contributed by atoms with Crippen LogP contribution in [0.15, 0.2) is 4.99 Å². The van der Waals surface area contributed by atoms with Crippen molar-refractivity contribution in [3.8, 4) is 0 Å². The molecule has 142 valence electrons. The van der Waals surface area contributed by atoms with E-state index in [0.29, 0.717) is 29.5 Å². The van der Waals surface area contributed by atoms with E-state index in [4.69, 9.17) is 4.99 Å². The highest BCUT2D eigenvalue weighted by Crippen LogP contribution is 2.33. The standard InChI is InChI=1S/C17H33N3O2S.HI/c1-5-14(3)19-16(20-9-8-17(4,6-2)13-20)18-11-15-7-10-23(21,22)12-15;/h14-15H,5-13H2,1-4H3,(H,18,19);1H. The maximum absolute atomic E-state index is 11.6. The number of sulfone groups is 1. The van der Waals surface area contributed by atoms with E-state index in [0.717, 1.165) is 31.9 Å². The summed E-state index contributed by atoms with van der Waals surface area (Å²) >= 11 is 0. The summed E-state index contributed by atoms with van der Waals surface area (Å²) in [4.78, 5) is 7.17. The molecule has 2 saturated heterocycles. The molecule has 0 bridgehead atoms. The van der Waals surface area contributed by atoms with Gasteiger partial charge in [-0.25, -0.2) is 8.42 Å². The first kappa shape index (κ1) is 22.0. The highest BCUT2D eigenvalue weighted by molar-refractivity contribution is 14.0. The summed E-state index contributed by atoms with van der Waals surface area (Å²) in [5.74, 6) is 1.80. The largest absolute Gasteiger partial charge is 0.354 e. The Labute approximate surface area is 165 Å². The molecule has 0 aromatic rings. The zero-order valence-corrected chi connectivity index (χ0v) is 18.7. The van der Waals surface area contributed by atoms with Crippen molar-refractivity contribution in [2.75, 3.05) is 31.1 Å². The smallest absolute Gasteiger partial charge is 0.194 e. The minimum absolute atomic E-state index is 0. The molecule has 1 N–H and O–H groups in total. The summed E-state index contributed by atoms with van der Waals surface area (Å²) in [5, 5.41) is 3.54. The fourth-order valence-corrected chi connectivity index (χ4v) is 5.13. The van der Waals surface area contributed by atoms with E-state index < -0.39 is 9.84 Å². The van der Waals surface area contributed by atoms with Crippen molar-refractivity contribution in [2.45, 2.75) is 59.4 Å². The van der Waals surface area contributed by atoms with Crippen LogP contribution in [-0.2, 0) is 9.84 Å². The first-order chi connectivity index (χ1) is 10.8. The van der Waals surface area contributed by atoms with Gasteiger partial charge in [-0.2, -0.15) is 0 Å². The predicted octanol–water partition coefficient (Wildman–Crippen LogP) is 2.91. The molecule has 2 aliphatic rings. The lowest BCUT2D eigenvalue weighted by Gasteiger charge is -2.27. The number of guanidine groups is 1. The Bertz CT molecular complexity index is 538. The van der Waals surface area contributed by atoms with Crippen molar-refractivity contribution >= 4 is 39.8 Å². The Balaban J connectivity index is 0.00000288. The molecule has 0 aromatic carbocycles. The second kappa shape index (κ2) is 9.05. The second-order valence-corrected chi connectivity index (χ2v) is 9.95. The van der Waals surface area contributed by atoms with Gasteiger partial charge in [0.2, 0.25) is 0 Å². The van der Waals surface area contributed by atoms with Crippen molar-refractivity contribution in [3.05, 3.63) is 0 Å². The summed E-state index contributed by atoms with van der Waals surface area (Å²) in [6.07, 6.45) is 4.19. The monoisotopic (exact) mass is 471 g/mol. The predicted molar refractivity (Wildman–Crippen MR) is 112 cm³/mol. The van der Waals surface area contributed by atoms with Crippen molar-refractivity contribution in [3.63, 3.8) is 0 Å². The van der Waals surface area contributed by atoms with Crippen LogP contribution in [0.4, 0.5) is 0 Å². The Hall–Kier alpha value is -0.0500. The van der Waals surface area contributed by atoms with E-state index in [1.54, 1.807) is 0 Å². The van der Waals surface area contributed by atoms with Crippen LogP contribution >= 0.6 is 24.0 Å². The molecule has 5 nitrogen and oxygen atoms in total. The number of nitrogens with zero attached hydrogens (tertiary/aromatic N) is 2. The number of hydrogen-bond donors (Lipinski definition) is 1. The molecule has 0 radical (unpaired) electrons. The van der Waals surface area contributed by atoms with Gasteiger partial charge in [0.05, 0.1) is 11.5 Å². The van der Waals surface area contributed by atoms with Crippen LogP contribution in [0.2, 0.25) is 0 Å². The van der Waals surface area contributed by atoms with Crippen LogP contribution in [0.1, 0.15) is 53.4 Å². The van der Waals surface area contributed by atoms with Gasteiger partial charge < -0.3 is 10.2 Å². The maximum atomic E-state index is 11.6. The third kappa shape index (κ3) is 6.04. The fourth-order valence-electron chi connectivity index (χ4n) is 3.28. The summed E-state index contributed by atoms with van der Waals surface area (Å²) in [7, 11) is -2.82. The lowest BCUT2D eigenvalue weighted by molar-refractivity contribution is 0.320. The summed E-state index contributed by atoms with van der Waals surface area (Å²) in [6, 6.07) is 0.384. The molecule has 3 atom stereocenters. The van der Waals surface area contributed by atoms with Gasteiger partial charge in [0.25, 0.3) is 0 Å². The van der Waals surface area contributed by atoms with E-state index in [1.807, 2.05) is 0 Å². The Kier molecular flexibility index (Phi) is 8.29. The van der Waals surface area contributed by atoms with E-state index >= 15 is 0 Å². The SMILES string of the molecule is CCC(C)NC(=NCC1CCS(=O)(=O)C1)N1CCC(C)(CC)C1.I. The van der Waals surface area contributed by atoms with Crippen molar-refractivity contribution in [2.24, 2.45) is 16.3 Å². The van der Waals surface area contributed by atoms with Crippen molar-refractivity contribution < 1.29 is 8.42 Å². The van der Waals surface area contributed by atoms with Crippen LogP contribution in [0, 0.1) is 11.3 Å². The molecule has 2 heterocycles. The highest BCUT2D eigenvalue weighted by Gasteiger charge is 2.34. The van der Waals surface area contributed by atoms with E-state index in [1.165, 1.54) is 12.8 Å². The maximum Gasteiger partial charge on any atom is 0.194 e. The Morgan fingerprint density at radius 3 is 2.62 bits per heavy atom. The molecule has 2 aliphatic heterocycles. The first-order valence-corrected chi connectivity index (χ1v) is 10.9. The molecule has 0 aromatic heterocycles. The molecular weight excluding hydrogens is 437 g/mol. The summed E-state index contributed by atoms with van der Waals surface area (Å²) in [6.45, 7) is 11.6.